The molecule has 0 atom stereocenters. The van der Waals surface area contributed by atoms with Crippen molar-refractivity contribution in [2.45, 2.75) is 47.0 Å². The molecule has 0 N–H and O–H groups in total. The van der Waals surface area contributed by atoms with Gasteiger partial charge in [0.05, 0.1) is 0 Å². The fourth-order valence-electron chi connectivity index (χ4n) is 2.44. The highest BCUT2D eigenvalue weighted by atomic mass is 79.9. The molecular formula is C18H28BrNO4. The minimum atomic E-state index is -0.441. The fraction of sp³-hybridized carbons (Fsp3) is 0.556. The average Bonchev–Trinajstić information content (AvgIpc) is 2.46. The molecular weight excluding hydrogens is 374 g/mol. The molecule has 0 aromatic heterocycles. The van der Waals surface area contributed by atoms with E-state index in [0.717, 1.165) is 44.5 Å². The van der Waals surface area contributed by atoms with Crippen LogP contribution in [0.4, 0.5) is 0 Å². The van der Waals surface area contributed by atoms with Crippen molar-refractivity contribution in [3.05, 3.63) is 23.8 Å². The predicted octanol–water partition coefficient (Wildman–Crippen LogP) is 3.78. The largest absolute Gasteiger partial charge is 0.423 e. The Kier molecular flexibility index (Phi) is 11.3. The van der Waals surface area contributed by atoms with Crippen LogP contribution in [0, 0.1) is 0 Å². The average molecular weight is 402 g/mol. The zero-order valence-corrected chi connectivity index (χ0v) is 16.7. The number of carbonyl (C=O) groups excluding carboxylic acids is 2. The van der Waals surface area contributed by atoms with Crippen molar-refractivity contribution >= 4 is 28.9 Å². The van der Waals surface area contributed by atoms with Crippen molar-refractivity contribution in [1.82, 2.24) is 4.90 Å². The number of hydrogen-bond donors (Lipinski definition) is 0. The van der Waals surface area contributed by atoms with E-state index in [4.69, 9.17) is 9.47 Å². The summed E-state index contributed by atoms with van der Waals surface area (Å²) in [4.78, 5) is 24.8. The van der Waals surface area contributed by atoms with E-state index in [-0.39, 0.29) is 22.7 Å². The molecule has 0 aliphatic heterocycles. The van der Waals surface area contributed by atoms with E-state index in [1.54, 1.807) is 12.1 Å². The molecule has 0 saturated carbocycles. The van der Waals surface area contributed by atoms with Gasteiger partial charge in [0.15, 0.2) is 11.5 Å². The number of nitrogens with zero attached hydrogens (tertiary/aromatic N) is 1. The fourth-order valence-corrected chi connectivity index (χ4v) is 2.44. The van der Waals surface area contributed by atoms with E-state index < -0.39 is 11.9 Å². The smallest absolute Gasteiger partial charge is 0.308 e. The van der Waals surface area contributed by atoms with Crippen LogP contribution < -0.4 is 9.47 Å². The molecule has 0 radical (unpaired) electrons. The van der Waals surface area contributed by atoms with Crippen molar-refractivity contribution in [3.63, 3.8) is 0 Å². The maximum Gasteiger partial charge on any atom is 0.308 e. The lowest BCUT2D eigenvalue weighted by molar-refractivity contribution is -0.134. The maximum absolute atomic E-state index is 11.2. The molecule has 1 aromatic rings. The minimum Gasteiger partial charge on any atom is -0.423 e. The molecule has 0 fully saturated rings. The van der Waals surface area contributed by atoms with Gasteiger partial charge in [-0.05, 0) is 50.0 Å². The van der Waals surface area contributed by atoms with Gasteiger partial charge >= 0.3 is 11.9 Å². The SMILES string of the molecule is Br.CCCN(CCC)CCc1ccc(OC(C)=O)c(OC(C)=O)c1. The van der Waals surface area contributed by atoms with Gasteiger partial charge < -0.3 is 14.4 Å². The van der Waals surface area contributed by atoms with E-state index in [2.05, 4.69) is 18.7 Å². The first kappa shape index (κ1) is 22.6. The molecule has 6 heteroatoms. The van der Waals surface area contributed by atoms with Gasteiger partial charge in [0.1, 0.15) is 0 Å². The van der Waals surface area contributed by atoms with Crippen LogP contribution >= 0.6 is 17.0 Å². The highest BCUT2D eigenvalue weighted by Crippen LogP contribution is 2.29. The minimum absolute atomic E-state index is 0. The Bertz CT molecular complexity index is 528. The van der Waals surface area contributed by atoms with Crippen molar-refractivity contribution in [3.8, 4) is 11.5 Å². The van der Waals surface area contributed by atoms with Gasteiger partial charge in [0.2, 0.25) is 0 Å². The van der Waals surface area contributed by atoms with Crippen LogP contribution in [-0.4, -0.2) is 36.5 Å². The summed E-state index contributed by atoms with van der Waals surface area (Å²) < 4.78 is 10.2. The molecule has 136 valence electrons. The lowest BCUT2D eigenvalue weighted by Gasteiger charge is -2.21. The van der Waals surface area contributed by atoms with Crippen LogP contribution in [0.5, 0.6) is 11.5 Å². The quantitative estimate of drug-likeness (QED) is 0.465. The Morgan fingerprint density at radius 3 is 1.96 bits per heavy atom. The van der Waals surface area contributed by atoms with E-state index in [1.807, 2.05) is 6.07 Å². The predicted molar refractivity (Wildman–Crippen MR) is 100 cm³/mol. The van der Waals surface area contributed by atoms with Crippen LogP contribution in [0.15, 0.2) is 18.2 Å². The number of rotatable bonds is 9. The number of benzene rings is 1. The molecule has 0 unspecified atom stereocenters. The molecule has 1 aromatic carbocycles. The second-order valence-corrected chi connectivity index (χ2v) is 5.56. The highest BCUT2D eigenvalue weighted by molar-refractivity contribution is 8.93. The van der Waals surface area contributed by atoms with Gasteiger partial charge in [-0.1, -0.05) is 19.9 Å². The lowest BCUT2D eigenvalue weighted by Crippen LogP contribution is -2.27. The molecule has 1 rings (SSSR count). The van der Waals surface area contributed by atoms with Gasteiger partial charge in [-0.2, -0.15) is 0 Å². The van der Waals surface area contributed by atoms with Crippen LogP contribution in [0.3, 0.4) is 0 Å². The van der Waals surface area contributed by atoms with Crippen molar-refractivity contribution in [2.24, 2.45) is 0 Å². The molecule has 0 aliphatic rings. The standard InChI is InChI=1S/C18H27NO4.BrH/c1-5-10-19(11-6-2)12-9-16-7-8-17(22-14(3)20)18(13-16)23-15(4)21;/h7-8,13H,5-6,9-12H2,1-4H3;1H. The number of ether oxygens (including phenoxy) is 2. The van der Waals surface area contributed by atoms with Crippen molar-refractivity contribution < 1.29 is 19.1 Å². The Labute approximate surface area is 155 Å². The monoisotopic (exact) mass is 401 g/mol. The van der Waals surface area contributed by atoms with Crippen LogP contribution in [0.2, 0.25) is 0 Å². The topological polar surface area (TPSA) is 55.8 Å². The Balaban J connectivity index is 0.00000529. The normalized spacial score (nSPS) is 10.2. The van der Waals surface area contributed by atoms with Crippen molar-refractivity contribution in [2.75, 3.05) is 19.6 Å². The zero-order valence-electron chi connectivity index (χ0n) is 15.0. The summed E-state index contributed by atoms with van der Waals surface area (Å²) in [5.74, 6) is -0.310. The van der Waals surface area contributed by atoms with Crippen LogP contribution in [-0.2, 0) is 16.0 Å². The van der Waals surface area contributed by atoms with Gasteiger partial charge in [-0.15, -0.1) is 17.0 Å². The van der Waals surface area contributed by atoms with E-state index >= 15 is 0 Å². The number of hydrogen-bond acceptors (Lipinski definition) is 5. The third kappa shape index (κ3) is 8.45. The molecule has 0 amide bonds. The summed E-state index contributed by atoms with van der Waals surface area (Å²) in [6, 6.07) is 5.36. The Hall–Kier alpha value is -1.40. The molecule has 5 nitrogen and oxygen atoms in total. The summed E-state index contributed by atoms with van der Waals surface area (Å²) in [6.45, 7) is 10.1. The first-order chi connectivity index (χ1) is 11.0. The van der Waals surface area contributed by atoms with Gasteiger partial charge in [0, 0.05) is 20.4 Å². The number of halogens is 1. The summed E-state index contributed by atoms with van der Waals surface area (Å²) in [6.07, 6.45) is 3.11. The Morgan fingerprint density at radius 2 is 1.46 bits per heavy atom. The number of esters is 2. The summed E-state index contributed by atoms with van der Waals surface area (Å²) >= 11 is 0. The summed E-state index contributed by atoms with van der Waals surface area (Å²) in [5, 5.41) is 0. The molecule has 24 heavy (non-hydrogen) atoms. The van der Waals surface area contributed by atoms with Crippen molar-refractivity contribution in [1.29, 1.82) is 0 Å². The summed E-state index contributed by atoms with van der Waals surface area (Å²) in [5.41, 5.74) is 1.05. The molecule has 0 aliphatic carbocycles. The second-order valence-electron chi connectivity index (χ2n) is 5.56. The maximum atomic E-state index is 11.2. The van der Waals surface area contributed by atoms with Crippen LogP contribution in [0.1, 0.15) is 46.1 Å². The van der Waals surface area contributed by atoms with E-state index in [9.17, 15) is 9.59 Å². The third-order valence-corrected chi connectivity index (χ3v) is 3.31. The Morgan fingerprint density at radius 1 is 0.917 bits per heavy atom. The third-order valence-electron chi connectivity index (χ3n) is 3.31. The zero-order chi connectivity index (χ0) is 17.2. The molecule has 0 bridgehead atoms. The number of carbonyl (C=O) groups is 2. The van der Waals surface area contributed by atoms with E-state index in [1.165, 1.54) is 13.8 Å². The van der Waals surface area contributed by atoms with E-state index in [0.29, 0.717) is 5.75 Å². The van der Waals surface area contributed by atoms with Crippen LogP contribution in [0.25, 0.3) is 0 Å². The first-order valence-corrected chi connectivity index (χ1v) is 8.18. The van der Waals surface area contributed by atoms with Gasteiger partial charge in [-0.3, -0.25) is 9.59 Å². The second kappa shape index (κ2) is 12.0. The molecule has 0 saturated heterocycles. The highest BCUT2D eigenvalue weighted by Gasteiger charge is 2.12. The summed E-state index contributed by atoms with van der Waals surface area (Å²) in [7, 11) is 0. The molecule has 0 spiro atoms. The first-order valence-electron chi connectivity index (χ1n) is 8.18. The van der Waals surface area contributed by atoms with Gasteiger partial charge in [0.25, 0.3) is 0 Å². The molecule has 0 heterocycles. The lowest BCUT2D eigenvalue weighted by atomic mass is 10.1. The van der Waals surface area contributed by atoms with Gasteiger partial charge in [-0.25, -0.2) is 0 Å².